The van der Waals surface area contributed by atoms with Crippen LogP contribution in [0.4, 0.5) is 0 Å². The number of carboxylic acid groups (broad SMARTS) is 3. The van der Waals surface area contributed by atoms with E-state index < -0.39 is 36.4 Å². The van der Waals surface area contributed by atoms with Crippen LogP contribution in [0.5, 0.6) is 0 Å². The van der Waals surface area contributed by atoms with E-state index in [0.717, 1.165) is 31.9 Å². The Bertz CT molecular complexity index is 892. The number of guanidine groups is 1. The number of aliphatic carboxylic acids is 3. The summed E-state index contributed by atoms with van der Waals surface area (Å²) >= 11 is 0. The maximum absolute atomic E-state index is 10.3. The van der Waals surface area contributed by atoms with Gasteiger partial charge in [-0.25, -0.2) is 9.69 Å². The van der Waals surface area contributed by atoms with Gasteiger partial charge in [0, 0.05) is 51.0 Å². The van der Waals surface area contributed by atoms with Crippen molar-refractivity contribution in [3.8, 4) is 6.19 Å². The van der Waals surface area contributed by atoms with Crippen LogP contribution in [0, 0.1) is 16.9 Å². The van der Waals surface area contributed by atoms with Crippen LogP contribution in [0.2, 0.25) is 0 Å². The zero-order valence-corrected chi connectivity index (χ0v) is 21.7. The van der Waals surface area contributed by atoms with E-state index in [2.05, 4.69) is 21.0 Å². The number of nitrogens with one attached hydrogen (secondary N) is 1. The van der Waals surface area contributed by atoms with E-state index in [-0.39, 0.29) is 5.96 Å². The number of carbonyl (C=O) groups is 3. The van der Waals surface area contributed by atoms with E-state index >= 15 is 0 Å². The van der Waals surface area contributed by atoms with Crippen LogP contribution in [0.15, 0.2) is 24.4 Å². The fourth-order valence-electron chi connectivity index (χ4n) is 2.83. The molecule has 5 N–H and O–H groups in total. The van der Waals surface area contributed by atoms with Crippen LogP contribution >= 0.6 is 0 Å². The van der Waals surface area contributed by atoms with Crippen molar-refractivity contribution in [2.24, 2.45) is 0 Å². The summed E-state index contributed by atoms with van der Waals surface area (Å²) in [7, 11) is 8.04. The first-order chi connectivity index (χ1) is 17.2. The number of hydrogen-bond acceptors (Lipinski definition) is 9. The van der Waals surface area contributed by atoms with E-state index in [0.29, 0.717) is 13.0 Å². The standard InChI is InChI=1S/C17H29N7.C6H8O7/c1-21(2)11-13-23(14-12-22(3)4)17(19)24(15-18)10-8-16-7-5-6-9-20-16;7-3(8)1-6(13,5(11)12)2-4(9)10/h5-7,9,19H,8,10-14H2,1-4H3;13H,1-2H2,(H,7,8)(H,9,10)(H,11,12). The van der Waals surface area contributed by atoms with E-state index in [1.807, 2.05) is 51.3 Å². The Morgan fingerprint density at radius 3 is 1.81 bits per heavy atom. The molecule has 0 bridgehead atoms. The first-order valence-electron chi connectivity index (χ1n) is 11.3. The molecule has 14 heteroatoms. The van der Waals surface area contributed by atoms with Crippen LogP contribution in [-0.2, 0) is 20.8 Å². The fourth-order valence-corrected chi connectivity index (χ4v) is 2.83. The van der Waals surface area contributed by atoms with Crippen LogP contribution in [0.1, 0.15) is 18.5 Å². The monoisotopic (exact) mass is 523 g/mol. The maximum atomic E-state index is 10.3. The average molecular weight is 524 g/mol. The summed E-state index contributed by atoms with van der Waals surface area (Å²) in [6.07, 6.45) is 2.24. The molecule has 1 rings (SSSR count). The Morgan fingerprint density at radius 2 is 1.46 bits per heavy atom. The van der Waals surface area contributed by atoms with Gasteiger partial charge in [0.1, 0.15) is 0 Å². The van der Waals surface area contributed by atoms with Crippen molar-refractivity contribution in [2.45, 2.75) is 24.9 Å². The lowest BCUT2D eigenvalue weighted by Crippen LogP contribution is -2.47. The predicted molar refractivity (Wildman–Crippen MR) is 134 cm³/mol. The number of likely N-dealkylation sites (N-methyl/N-ethyl adjacent to an activating group) is 2. The average Bonchev–Trinajstić information content (AvgIpc) is 2.79. The summed E-state index contributed by atoms with van der Waals surface area (Å²) < 4.78 is 0. The summed E-state index contributed by atoms with van der Waals surface area (Å²) in [4.78, 5) is 42.3. The third-order valence-corrected chi connectivity index (χ3v) is 4.91. The quantitative estimate of drug-likeness (QED) is 0.0905. The highest BCUT2D eigenvalue weighted by Gasteiger charge is 2.40. The Kier molecular flexibility index (Phi) is 15.1. The van der Waals surface area contributed by atoms with Crippen molar-refractivity contribution in [2.75, 3.05) is 60.9 Å². The van der Waals surface area contributed by atoms with Gasteiger partial charge >= 0.3 is 17.9 Å². The van der Waals surface area contributed by atoms with Crippen molar-refractivity contribution in [3.63, 3.8) is 0 Å². The number of carboxylic acids is 3. The second kappa shape index (κ2) is 16.8. The van der Waals surface area contributed by atoms with Gasteiger partial charge in [0.15, 0.2) is 11.8 Å². The van der Waals surface area contributed by atoms with Gasteiger partial charge in [-0.05, 0) is 40.3 Å². The molecule has 1 aromatic rings. The highest BCUT2D eigenvalue weighted by molar-refractivity contribution is 5.88. The fraction of sp³-hybridized carbons (Fsp3) is 0.565. The number of pyridine rings is 1. The molecule has 1 aromatic heterocycles. The number of rotatable bonds is 14. The second-order valence-electron chi connectivity index (χ2n) is 8.72. The van der Waals surface area contributed by atoms with Crippen molar-refractivity contribution in [3.05, 3.63) is 30.1 Å². The molecule has 0 aliphatic heterocycles. The van der Waals surface area contributed by atoms with E-state index in [1.54, 1.807) is 6.20 Å². The van der Waals surface area contributed by atoms with Crippen LogP contribution < -0.4 is 0 Å². The van der Waals surface area contributed by atoms with Crippen molar-refractivity contribution < 1.29 is 34.8 Å². The van der Waals surface area contributed by atoms with Gasteiger partial charge in [-0.3, -0.25) is 20.0 Å². The third kappa shape index (κ3) is 14.4. The normalized spacial score (nSPS) is 10.8. The Balaban J connectivity index is 0.000000845. The number of nitriles is 1. The SMILES string of the molecule is CN(C)CCN(CCN(C)C)C(=N)N(C#N)CCc1ccccn1.O=C(O)CC(O)(CC(=O)O)C(=O)O. The largest absolute Gasteiger partial charge is 0.481 e. The van der Waals surface area contributed by atoms with Gasteiger partial charge in [0.2, 0.25) is 5.96 Å². The molecular weight excluding hydrogens is 486 g/mol. The summed E-state index contributed by atoms with van der Waals surface area (Å²) in [6, 6.07) is 5.75. The highest BCUT2D eigenvalue weighted by atomic mass is 16.4. The first kappa shape index (κ1) is 33.2. The van der Waals surface area contributed by atoms with E-state index in [4.69, 9.17) is 25.8 Å². The molecule has 0 unspecified atom stereocenters. The molecule has 0 aliphatic rings. The molecule has 0 saturated heterocycles. The zero-order chi connectivity index (χ0) is 28.6. The number of aliphatic hydroxyl groups is 1. The number of hydrogen-bond donors (Lipinski definition) is 5. The van der Waals surface area contributed by atoms with Gasteiger partial charge in [0.05, 0.1) is 12.8 Å². The molecule has 14 nitrogen and oxygen atoms in total. The smallest absolute Gasteiger partial charge is 0.336 e. The van der Waals surface area contributed by atoms with E-state index in [1.165, 1.54) is 4.90 Å². The minimum atomic E-state index is -2.74. The van der Waals surface area contributed by atoms with Crippen molar-refractivity contribution in [1.29, 1.82) is 10.7 Å². The molecule has 0 radical (unpaired) electrons. The van der Waals surface area contributed by atoms with Gasteiger partial charge in [-0.15, -0.1) is 0 Å². The number of aromatic nitrogens is 1. The van der Waals surface area contributed by atoms with Gasteiger partial charge in [0.25, 0.3) is 0 Å². The minimum Gasteiger partial charge on any atom is -0.481 e. The summed E-state index contributed by atoms with van der Waals surface area (Å²) in [5, 5.41) is 51.7. The lowest BCUT2D eigenvalue weighted by Gasteiger charge is -2.31. The maximum Gasteiger partial charge on any atom is 0.336 e. The molecule has 0 aliphatic carbocycles. The number of nitrogens with zero attached hydrogens (tertiary/aromatic N) is 6. The van der Waals surface area contributed by atoms with Gasteiger partial charge in [-0.1, -0.05) is 6.07 Å². The second-order valence-corrected chi connectivity index (χ2v) is 8.72. The van der Waals surface area contributed by atoms with Crippen molar-refractivity contribution in [1.82, 2.24) is 24.6 Å². The third-order valence-electron chi connectivity index (χ3n) is 4.91. The predicted octanol–water partition coefficient (Wildman–Crippen LogP) is -0.481. The van der Waals surface area contributed by atoms with Crippen LogP contribution in [0.3, 0.4) is 0 Å². The topological polar surface area (TPSA) is 206 Å². The molecule has 0 amide bonds. The lowest BCUT2D eigenvalue weighted by atomic mass is 9.96. The summed E-state index contributed by atoms with van der Waals surface area (Å²) in [6.45, 7) is 3.60. The lowest BCUT2D eigenvalue weighted by molar-refractivity contribution is -0.170. The highest BCUT2D eigenvalue weighted by Crippen LogP contribution is 2.15. The van der Waals surface area contributed by atoms with E-state index in [9.17, 15) is 19.6 Å². The molecule has 1 heterocycles. The molecule has 0 aromatic carbocycles. The molecule has 0 fully saturated rings. The van der Waals surface area contributed by atoms with Gasteiger partial charge in [-0.2, -0.15) is 5.26 Å². The van der Waals surface area contributed by atoms with Gasteiger partial charge < -0.3 is 35.1 Å². The molecule has 0 spiro atoms. The summed E-state index contributed by atoms with van der Waals surface area (Å²) in [5.74, 6) is -4.76. The first-order valence-corrected chi connectivity index (χ1v) is 11.3. The Labute approximate surface area is 216 Å². The Morgan fingerprint density at radius 1 is 0.946 bits per heavy atom. The molecule has 206 valence electrons. The molecule has 37 heavy (non-hydrogen) atoms. The molecular formula is C23H37N7O7. The Hall–Kier alpha value is -3.80. The molecule has 0 saturated carbocycles. The van der Waals surface area contributed by atoms with Crippen LogP contribution in [-0.4, -0.2) is 135 Å². The molecule has 0 atom stereocenters. The van der Waals surface area contributed by atoms with Crippen molar-refractivity contribution >= 4 is 23.9 Å². The minimum absolute atomic E-state index is 0.261. The zero-order valence-electron chi connectivity index (χ0n) is 21.7. The van der Waals surface area contributed by atoms with Crippen LogP contribution in [0.25, 0.3) is 0 Å². The summed E-state index contributed by atoms with van der Waals surface area (Å²) in [5.41, 5.74) is -1.81.